The van der Waals surface area contributed by atoms with Crippen LogP contribution in [0.15, 0.2) is 22.7 Å². The first kappa shape index (κ1) is 11.4. The van der Waals surface area contributed by atoms with Crippen molar-refractivity contribution in [3.63, 3.8) is 0 Å². The van der Waals surface area contributed by atoms with Crippen molar-refractivity contribution in [1.29, 1.82) is 0 Å². The molecule has 1 saturated carbocycles. The molecule has 0 bridgehead atoms. The molecule has 2 nitrogen and oxygen atoms in total. The number of hydrogen-bond donors (Lipinski definition) is 2. The van der Waals surface area contributed by atoms with Gasteiger partial charge in [-0.2, -0.15) is 0 Å². The van der Waals surface area contributed by atoms with Gasteiger partial charge < -0.3 is 10.4 Å². The number of halogens is 2. The van der Waals surface area contributed by atoms with E-state index in [-0.39, 0.29) is 6.10 Å². The zero-order chi connectivity index (χ0) is 10.8. The van der Waals surface area contributed by atoms with E-state index in [4.69, 9.17) is 16.7 Å². The molecule has 1 fully saturated rings. The topological polar surface area (TPSA) is 32.3 Å². The molecule has 0 spiro atoms. The van der Waals surface area contributed by atoms with Gasteiger partial charge in [0, 0.05) is 17.1 Å². The second kappa shape index (κ2) is 4.83. The van der Waals surface area contributed by atoms with Crippen molar-refractivity contribution in [2.24, 2.45) is 0 Å². The van der Waals surface area contributed by atoms with Gasteiger partial charge in [0.2, 0.25) is 0 Å². The van der Waals surface area contributed by atoms with E-state index in [9.17, 15) is 0 Å². The summed E-state index contributed by atoms with van der Waals surface area (Å²) in [5, 5.41) is 13.3. The molecule has 0 saturated heterocycles. The average molecular weight is 291 g/mol. The molecule has 0 aliphatic heterocycles. The summed E-state index contributed by atoms with van der Waals surface area (Å²) in [5.74, 6) is 0. The third-order valence-corrected chi connectivity index (χ3v) is 3.91. The molecule has 82 valence electrons. The summed E-state index contributed by atoms with van der Waals surface area (Å²) in [6.07, 6.45) is 1.64. The Labute approximate surface area is 103 Å². The monoisotopic (exact) mass is 289 g/mol. The second-order valence-electron chi connectivity index (χ2n) is 3.95. The van der Waals surface area contributed by atoms with E-state index in [1.807, 2.05) is 18.2 Å². The fourth-order valence-corrected chi connectivity index (χ4v) is 2.21. The normalized spacial score (nSPS) is 25.0. The molecule has 0 atom stereocenters. The molecule has 2 N–H and O–H groups in total. The molecule has 4 heteroatoms. The van der Waals surface area contributed by atoms with Crippen molar-refractivity contribution in [1.82, 2.24) is 5.32 Å². The summed E-state index contributed by atoms with van der Waals surface area (Å²) in [5.41, 5.74) is 1.20. The predicted molar refractivity (Wildman–Crippen MR) is 65.0 cm³/mol. The minimum Gasteiger partial charge on any atom is -0.393 e. The third kappa shape index (κ3) is 2.94. The van der Waals surface area contributed by atoms with Crippen LogP contribution in [0.1, 0.15) is 18.4 Å². The first-order chi connectivity index (χ1) is 7.15. The minimum atomic E-state index is -0.0977. The number of aliphatic hydroxyl groups is 1. The van der Waals surface area contributed by atoms with E-state index in [0.717, 1.165) is 28.9 Å². The van der Waals surface area contributed by atoms with Crippen LogP contribution < -0.4 is 5.32 Å². The Hall–Kier alpha value is -0.0900. The Bertz CT molecular complexity index is 352. The van der Waals surface area contributed by atoms with Crippen LogP contribution in [-0.4, -0.2) is 17.3 Å². The van der Waals surface area contributed by atoms with Gasteiger partial charge in [0.15, 0.2) is 0 Å². The van der Waals surface area contributed by atoms with Gasteiger partial charge in [-0.05, 0) is 46.5 Å². The summed E-state index contributed by atoms with van der Waals surface area (Å²) >= 11 is 9.29. The smallest absolute Gasteiger partial charge is 0.0570 e. The van der Waals surface area contributed by atoms with Crippen molar-refractivity contribution in [3.05, 3.63) is 33.3 Å². The number of hydrogen-bond acceptors (Lipinski definition) is 2. The van der Waals surface area contributed by atoms with Gasteiger partial charge in [-0.1, -0.05) is 17.7 Å². The van der Waals surface area contributed by atoms with Gasteiger partial charge in [0.1, 0.15) is 0 Å². The van der Waals surface area contributed by atoms with Crippen LogP contribution >= 0.6 is 27.5 Å². The molecule has 1 aromatic carbocycles. The summed E-state index contributed by atoms with van der Waals surface area (Å²) in [6.45, 7) is 0.827. The fourth-order valence-electron chi connectivity index (χ4n) is 1.67. The average Bonchev–Trinajstić information content (AvgIpc) is 2.16. The number of nitrogens with one attached hydrogen (secondary N) is 1. The van der Waals surface area contributed by atoms with Gasteiger partial charge in [-0.25, -0.2) is 0 Å². The second-order valence-corrected chi connectivity index (χ2v) is 5.21. The third-order valence-electron chi connectivity index (χ3n) is 2.69. The quantitative estimate of drug-likeness (QED) is 0.897. The van der Waals surface area contributed by atoms with Crippen LogP contribution in [0.4, 0.5) is 0 Å². The lowest BCUT2D eigenvalue weighted by molar-refractivity contribution is 0.0619. The van der Waals surface area contributed by atoms with Crippen molar-refractivity contribution in [2.45, 2.75) is 31.5 Å². The van der Waals surface area contributed by atoms with E-state index in [2.05, 4.69) is 21.2 Å². The van der Waals surface area contributed by atoms with Crippen LogP contribution in [0.25, 0.3) is 0 Å². The highest BCUT2D eigenvalue weighted by atomic mass is 79.9. The predicted octanol–water partition coefficient (Wildman–Crippen LogP) is 2.72. The van der Waals surface area contributed by atoms with Crippen LogP contribution in [0.5, 0.6) is 0 Å². The summed E-state index contributed by atoms with van der Waals surface area (Å²) in [6, 6.07) is 6.38. The molecule has 1 aliphatic rings. The molecular formula is C11H13BrClNO. The van der Waals surface area contributed by atoms with Crippen molar-refractivity contribution >= 4 is 27.5 Å². The van der Waals surface area contributed by atoms with Crippen molar-refractivity contribution in [2.75, 3.05) is 0 Å². The Morgan fingerprint density at radius 1 is 1.47 bits per heavy atom. The molecule has 0 unspecified atom stereocenters. The highest BCUT2D eigenvalue weighted by Crippen LogP contribution is 2.24. The van der Waals surface area contributed by atoms with Gasteiger partial charge >= 0.3 is 0 Å². The lowest BCUT2D eigenvalue weighted by atomic mass is 9.89. The Morgan fingerprint density at radius 3 is 2.80 bits per heavy atom. The molecule has 1 aromatic rings. The lowest BCUT2D eigenvalue weighted by Crippen LogP contribution is -2.43. The first-order valence-electron chi connectivity index (χ1n) is 5.00. The summed E-state index contributed by atoms with van der Waals surface area (Å²) in [4.78, 5) is 0. The SMILES string of the molecule is OC1CC(NCc2ccc(Cl)c(Br)c2)C1. The van der Waals surface area contributed by atoms with Crippen LogP contribution in [0, 0.1) is 0 Å². The number of aliphatic hydroxyl groups excluding tert-OH is 1. The molecule has 15 heavy (non-hydrogen) atoms. The highest BCUT2D eigenvalue weighted by molar-refractivity contribution is 9.10. The molecule has 1 aliphatic carbocycles. The van der Waals surface area contributed by atoms with E-state index < -0.39 is 0 Å². The van der Waals surface area contributed by atoms with Gasteiger partial charge in [-0.3, -0.25) is 0 Å². The van der Waals surface area contributed by atoms with E-state index in [1.54, 1.807) is 0 Å². The zero-order valence-electron chi connectivity index (χ0n) is 8.21. The molecule has 0 amide bonds. The maximum atomic E-state index is 9.13. The zero-order valence-corrected chi connectivity index (χ0v) is 10.6. The van der Waals surface area contributed by atoms with E-state index in [0.29, 0.717) is 6.04 Å². The molecule has 0 heterocycles. The Kier molecular flexibility index (Phi) is 3.67. The fraction of sp³-hybridized carbons (Fsp3) is 0.455. The van der Waals surface area contributed by atoms with Crippen LogP contribution in [0.2, 0.25) is 5.02 Å². The number of rotatable bonds is 3. The minimum absolute atomic E-state index is 0.0977. The van der Waals surface area contributed by atoms with E-state index in [1.165, 1.54) is 5.56 Å². The molecule has 0 radical (unpaired) electrons. The maximum absolute atomic E-state index is 9.13. The Balaban J connectivity index is 1.86. The van der Waals surface area contributed by atoms with Gasteiger partial charge in [0.05, 0.1) is 11.1 Å². The van der Waals surface area contributed by atoms with Crippen LogP contribution in [0.3, 0.4) is 0 Å². The standard InChI is InChI=1S/C11H13BrClNO/c12-10-3-7(1-2-11(10)13)6-14-8-4-9(15)5-8/h1-3,8-9,14-15H,4-6H2. The van der Waals surface area contributed by atoms with Gasteiger partial charge in [0.25, 0.3) is 0 Å². The molecular weight excluding hydrogens is 277 g/mol. The first-order valence-corrected chi connectivity index (χ1v) is 6.17. The maximum Gasteiger partial charge on any atom is 0.0570 e. The van der Waals surface area contributed by atoms with Crippen LogP contribution in [-0.2, 0) is 6.54 Å². The molecule has 2 rings (SSSR count). The van der Waals surface area contributed by atoms with E-state index >= 15 is 0 Å². The van der Waals surface area contributed by atoms with Gasteiger partial charge in [-0.15, -0.1) is 0 Å². The summed E-state index contributed by atoms with van der Waals surface area (Å²) < 4.78 is 0.928. The van der Waals surface area contributed by atoms with Crippen molar-refractivity contribution < 1.29 is 5.11 Å². The Morgan fingerprint density at radius 2 is 2.20 bits per heavy atom. The van der Waals surface area contributed by atoms with Crippen molar-refractivity contribution in [3.8, 4) is 0 Å². The summed E-state index contributed by atoms with van der Waals surface area (Å²) in [7, 11) is 0. The largest absolute Gasteiger partial charge is 0.393 e. The molecule has 0 aromatic heterocycles. The number of benzene rings is 1. The lowest BCUT2D eigenvalue weighted by Gasteiger charge is -2.32. The highest BCUT2D eigenvalue weighted by Gasteiger charge is 2.26.